The molecule has 0 N–H and O–H groups in total. The fourth-order valence-electron chi connectivity index (χ4n) is 5.87. The molecule has 0 saturated heterocycles. The van der Waals surface area contributed by atoms with Gasteiger partial charge in [0, 0.05) is 0 Å². The van der Waals surface area contributed by atoms with Crippen molar-refractivity contribution in [3.05, 3.63) is 48.6 Å². The summed E-state index contributed by atoms with van der Waals surface area (Å²) in [5.41, 5.74) is 2.86. The number of hydrogen-bond acceptors (Lipinski definition) is 0. The van der Waals surface area contributed by atoms with Crippen molar-refractivity contribution in [1.29, 1.82) is 0 Å². The molecule has 0 fully saturated rings. The van der Waals surface area contributed by atoms with Crippen LogP contribution in [-0.4, -0.2) is 42.3 Å². The first-order valence-corrected chi connectivity index (χ1v) is 22.1. The summed E-state index contributed by atoms with van der Waals surface area (Å²) >= 11 is -1.53. The van der Waals surface area contributed by atoms with E-state index in [4.69, 9.17) is 13.2 Å². The first-order valence-electron chi connectivity index (χ1n) is 16.4. The van der Waals surface area contributed by atoms with Crippen LogP contribution in [0.3, 0.4) is 0 Å². The Kier molecular flexibility index (Phi) is 20.1. The van der Waals surface area contributed by atoms with Gasteiger partial charge in [0.2, 0.25) is 0 Å². The van der Waals surface area contributed by atoms with Crippen LogP contribution in [0.1, 0.15) is 168 Å². The van der Waals surface area contributed by atoms with E-state index in [1.165, 1.54) is 134 Å². The van der Waals surface area contributed by atoms with Gasteiger partial charge in [-0.25, -0.2) is 0 Å². The molecule has 0 aliphatic carbocycles. The van der Waals surface area contributed by atoms with Crippen molar-refractivity contribution < 1.29 is 0 Å². The summed E-state index contributed by atoms with van der Waals surface area (Å²) < 4.78 is 4.27. The summed E-state index contributed by atoms with van der Waals surface area (Å²) in [4.78, 5) is 0. The van der Waals surface area contributed by atoms with Gasteiger partial charge in [0.1, 0.15) is 0 Å². The third-order valence-electron chi connectivity index (χ3n) is 8.47. The molecule has 0 aliphatic rings. The Morgan fingerprint density at radius 3 is 0.868 bits per heavy atom. The van der Waals surface area contributed by atoms with Gasteiger partial charge < -0.3 is 0 Å². The van der Waals surface area contributed by atoms with Crippen LogP contribution in [0.5, 0.6) is 0 Å². The third-order valence-corrected chi connectivity index (χ3v) is 19.1. The maximum absolute atomic E-state index is 4.73. The minimum atomic E-state index is -0.764. The molecule has 38 heavy (non-hydrogen) atoms. The molecule has 0 unspecified atom stereocenters. The number of benzene rings is 1. The van der Waals surface area contributed by atoms with Crippen LogP contribution in [0.2, 0.25) is 6.86 Å². The van der Waals surface area contributed by atoms with Crippen molar-refractivity contribution in [3.63, 3.8) is 0 Å². The van der Waals surface area contributed by atoms with E-state index in [1.54, 1.807) is 0 Å². The fourth-order valence-corrected chi connectivity index (χ4v) is 16.5. The summed E-state index contributed by atoms with van der Waals surface area (Å²) in [6.45, 7) is 23.6. The monoisotopic (exact) mass is 734 g/mol. The van der Waals surface area contributed by atoms with Gasteiger partial charge in [-0.05, 0) is 0 Å². The van der Waals surface area contributed by atoms with Crippen LogP contribution < -0.4 is 0 Å². The topological polar surface area (TPSA) is 0 Å². The molecular weight excluding hydrogens is 670 g/mol. The van der Waals surface area contributed by atoms with Gasteiger partial charge in [-0.3, -0.25) is 0 Å². The van der Waals surface area contributed by atoms with E-state index in [0.29, 0.717) is 6.86 Å². The van der Waals surface area contributed by atoms with E-state index in [0.717, 1.165) is 0 Å². The van der Waals surface area contributed by atoms with Crippen molar-refractivity contribution in [3.8, 4) is 0 Å². The van der Waals surface area contributed by atoms with Gasteiger partial charge in [0.25, 0.3) is 0 Å². The Morgan fingerprint density at radius 2 is 0.684 bits per heavy atom. The first kappa shape index (κ1) is 36.3. The average molecular weight is 732 g/mol. The molecule has 0 aliphatic heterocycles. The molecule has 2 heteroatoms. The first-order chi connectivity index (χ1) is 18.3. The van der Waals surface area contributed by atoms with Gasteiger partial charge >= 0.3 is 262 Å². The van der Waals surface area contributed by atoms with Gasteiger partial charge in [-0.15, -0.1) is 0 Å². The van der Waals surface area contributed by atoms with Crippen LogP contribution in [0, 0.1) is 0 Å². The Balaban J connectivity index is 3.07. The second kappa shape index (κ2) is 21.1. The van der Waals surface area contributed by atoms with Crippen LogP contribution in [0.25, 0.3) is 7.18 Å². The van der Waals surface area contributed by atoms with Gasteiger partial charge in [-0.1, -0.05) is 0 Å². The molecule has 0 bridgehead atoms. The summed E-state index contributed by atoms with van der Waals surface area (Å²) in [5, 5.41) is 0. The molecule has 1 rings (SSSR count). The maximum atomic E-state index is 4.73. The number of rotatable bonds is 24. The SMILES string of the molecule is C=[C]([Sn][C](CCCC)(CCCC)CCCC)c1ccc([C](=C)[Sn][C](CCCC)(CCCC)CCCC)cc1. The van der Waals surface area contributed by atoms with E-state index in [9.17, 15) is 0 Å². The molecule has 214 valence electrons. The van der Waals surface area contributed by atoms with Crippen LogP contribution in [0.15, 0.2) is 37.4 Å². The summed E-state index contributed by atoms with van der Waals surface area (Å²) in [6, 6.07) is 9.66. The summed E-state index contributed by atoms with van der Waals surface area (Å²) in [7, 11) is 0. The average Bonchev–Trinajstić information content (AvgIpc) is 2.94. The van der Waals surface area contributed by atoms with Crippen molar-refractivity contribution in [2.24, 2.45) is 0 Å². The second-order valence-corrected chi connectivity index (χ2v) is 22.9. The van der Waals surface area contributed by atoms with E-state index >= 15 is 0 Å². The molecular formula is C36H62Sn2. The molecule has 0 spiro atoms. The normalized spacial score (nSPS) is 12.2. The Bertz CT molecular complexity index is 652. The number of hydrogen-bond donors (Lipinski definition) is 0. The zero-order valence-corrected chi connectivity index (χ0v) is 32.2. The molecule has 0 saturated carbocycles. The second-order valence-electron chi connectivity index (χ2n) is 12.0. The van der Waals surface area contributed by atoms with E-state index in [1.807, 2.05) is 0 Å². The molecule has 4 radical (unpaired) electrons. The quantitative estimate of drug-likeness (QED) is 0.0929. The summed E-state index contributed by atoms with van der Waals surface area (Å²) in [6.07, 6.45) is 24.9. The molecule has 0 atom stereocenters. The van der Waals surface area contributed by atoms with Crippen LogP contribution >= 0.6 is 0 Å². The molecule has 1 aromatic carbocycles. The Morgan fingerprint density at radius 1 is 0.474 bits per heavy atom. The zero-order valence-electron chi connectivity index (χ0n) is 26.5. The van der Waals surface area contributed by atoms with E-state index < -0.39 is 42.3 Å². The van der Waals surface area contributed by atoms with Gasteiger partial charge in [0.15, 0.2) is 0 Å². The standard InChI is InChI=1S/2C13H27.C10H8.2Sn/c2*1-4-7-10-13(11-8-5-2)12-9-6-3;1-3-9-5-7-10(4-2)8-6-9;;/h2*4-12H2,1-3H3;5-8H,1-2H2;;. The molecule has 0 heterocycles. The van der Waals surface area contributed by atoms with Gasteiger partial charge in [0.05, 0.1) is 0 Å². The van der Waals surface area contributed by atoms with E-state index in [2.05, 4.69) is 65.8 Å². The Labute approximate surface area is 260 Å². The van der Waals surface area contributed by atoms with Gasteiger partial charge in [-0.2, -0.15) is 0 Å². The molecule has 0 amide bonds. The summed E-state index contributed by atoms with van der Waals surface area (Å²) in [5.74, 6) is 0. The van der Waals surface area contributed by atoms with Crippen molar-refractivity contribution >= 4 is 49.5 Å². The van der Waals surface area contributed by atoms with Crippen molar-refractivity contribution in [2.75, 3.05) is 0 Å². The van der Waals surface area contributed by atoms with Crippen molar-refractivity contribution in [1.82, 2.24) is 0 Å². The molecule has 0 nitrogen and oxygen atoms in total. The third kappa shape index (κ3) is 13.3. The fraction of sp³-hybridized carbons (Fsp3) is 0.722. The van der Waals surface area contributed by atoms with E-state index in [-0.39, 0.29) is 0 Å². The molecule has 0 aromatic heterocycles. The predicted molar refractivity (Wildman–Crippen MR) is 179 cm³/mol. The Hall–Kier alpha value is 0.297. The minimum absolute atomic E-state index is 0.608. The van der Waals surface area contributed by atoms with Crippen LogP contribution in [-0.2, 0) is 0 Å². The predicted octanol–water partition coefficient (Wildman–Crippen LogP) is 12.5. The van der Waals surface area contributed by atoms with Crippen molar-refractivity contribution in [2.45, 2.75) is 164 Å². The van der Waals surface area contributed by atoms with Crippen LogP contribution in [0.4, 0.5) is 0 Å². The zero-order chi connectivity index (χ0) is 28.3. The molecule has 1 aromatic rings. The number of unbranched alkanes of at least 4 members (excludes halogenated alkanes) is 6.